The summed E-state index contributed by atoms with van der Waals surface area (Å²) in [5.74, 6) is -0.824. The van der Waals surface area contributed by atoms with Crippen molar-refractivity contribution in [3.05, 3.63) is 65.7 Å². The zero-order valence-electron chi connectivity index (χ0n) is 11.9. The largest absolute Gasteiger partial charge is 0.366 e. The van der Waals surface area contributed by atoms with Crippen molar-refractivity contribution >= 4 is 17.5 Å². The molecule has 0 aliphatic rings. The molecule has 0 fully saturated rings. The van der Waals surface area contributed by atoms with Gasteiger partial charge in [-0.3, -0.25) is 9.59 Å². The molecular formula is C17H18N2O2. The van der Waals surface area contributed by atoms with Crippen molar-refractivity contribution in [3.8, 4) is 0 Å². The third kappa shape index (κ3) is 3.69. The van der Waals surface area contributed by atoms with Gasteiger partial charge in [0.1, 0.15) is 0 Å². The molecule has 21 heavy (non-hydrogen) atoms. The van der Waals surface area contributed by atoms with Gasteiger partial charge in [0.2, 0.25) is 11.8 Å². The molecule has 2 aromatic rings. The summed E-state index contributed by atoms with van der Waals surface area (Å²) in [7, 11) is 0. The van der Waals surface area contributed by atoms with Crippen LogP contribution in [-0.2, 0) is 4.79 Å². The second-order valence-electron chi connectivity index (χ2n) is 4.81. The first-order chi connectivity index (χ1) is 10.1. The second kappa shape index (κ2) is 6.70. The Morgan fingerprint density at radius 1 is 1.10 bits per heavy atom. The smallest absolute Gasteiger partial charge is 0.248 e. The van der Waals surface area contributed by atoms with Gasteiger partial charge in [-0.15, -0.1) is 0 Å². The molecule has 0 aliphatic carbocycles. The van der Waals surface area contributed by atoms with Crippen molar-refractivity contribution in [1.82, 2.24) is 0 Å². The van der Waals surface area contributed by atoms with Crippen LogP contribution in [0.5, 0.6) is 0 Å². The summed E-state index contributed by atoms with van der Waals surface area (Å²) in [6.07, 6.45) is 0.700. The summed E-state index contributed by atoms with van der Waals surface area (Å²) in [6.45, 7) is 1.97. The van der Waals surface area contributed by atoms with Gasteiger partial charge in [0.25, 0.3) is 0 Å². The van der Waals surface area contributed by atoms with Gasteiger partial charge in [-0.1, -0.05) is 43.3 Å². The van der Waals surface area contributed by atoms with Gasteiger partial charge in [-0.2, -0.15) is 0 Å². The molecule has 0 spiro atoms. The number of hydrogen-bond donors (Lipinski definition) is 2. The van der Waals surface area contributed by atoms with Gasteiger partial charge in [-0.25, -0.2) is 0 Å². The number of nitrogens with one attached hydrogen (secondary N) is 1. The lowest BCUT2D eigenvalue weighted by atomic mass is 9.95. The fraction of sp³-hybridized carbons (Fsp3) is 0.176. The SMILES string of the molecule is CCC(C(=O)Nc1cccc(C(N)=O)c1)c1ccccc1. The van der Waals surface area contributed by atoms with Crippen molar-refractivity contribution in [2.75, 3.05) is 5.32 Å². The van der Waals surface area contributed by atoms with E-state index in [1.54, 1.807) is 24.3 Å². The normalized spacial score (nSPS) is 11.7. The molecule has 4 heteroatoms. The van der Waals surface area contributed by atoms with E-state index in [-0.39, 0.29) is 11.8 Å². The minimum absolute atomic E-state index is 0.0923. The Labute approximate surface area is 124 Å². The number of carbonyl (C=O) groups is 2. The third-order valence-corrected chi connectivity index (χ3v) is 3.34. The number of nitrogens with two attached hydrogens (primary N) is 1. The van der Waals surface area contributed by atoms with Crippen LogP contribution >= 0.6 is 0 Å². The van der Waals surface area contributed by atoms with E-state index in [2.05, 4.69) is 5.32 Å². The summed E-state index contributed by atoms with van der Waals surface area (Å²) in [4.78, 5) is 23.6. The van der Waals surface area contributed by atoms with Crippen molar-refractivity contribution in [2.24, 2.45) is 5.73 Å². The molecular weight excluding hydrogens is 264 g/mol. The van der Waals surface area contributed by atoms with Crippen LogP contribution in [0.25, 0.3) is 0 Å². The molecule has 108 valence electrons. The fourth-order valence-corrected chi connectivity index (χ4v) is 2.24. The van der Waals surface area contributed by atoms with Crippen molar-refractivity contribution in [2.45, 2.75) is 19.3 Å². The molecule has 0 saturated heterocycles. The zero-order chi connectivity index (χ0) is 15.2. The van der Waals surface area contributed by atoms with Gasteiger partial charge in [0.05, 0.1) is 5.92 Å². The van der Waals surface area contributed by atoms with Crippen LogP contribution in [0.1, 0.15) is 35.2 Å². The predicted molar refractivity (Wildman–Crippen MR) is 83.1 cm³/mol. The summed E-state index contributed by atoms with van der Waals surface area (Å²) in [5.41, 5.74) is 7.16. The van der Waals surface area contributed by atoms with Crippen molar-refractivity contribution in [3.63, 3.8) is 0 Å². The molecule has 1 atom stereocenters. The van der Waals surface area contributed by atoms with Crippen LogP contribution in [0.2, 0.25) is 0 Å². The molecule has 2 rings (SSSR count). The molecule has 3 N–H and O–H groups in total. The monoisotopic (exact) mass is 282 g/mol. The average molecular weight is 282 g/mol. The van der Waals surface area contributed by atoms with Crippen LogP contribution in [0.4, 0.5) is 5.69 Å². The fourth-order valence-electron chi connectivity index (χ4n) is 2.24. The maximum atomic E-state index is 12.4. The predicted octanol–water partition coefficient (Wildman–Crippen LogP) is 2.92. The maximum Gasteiger partial charge on any atom is 0.248 e. The molecule has 0 heterocycles. The van der Waals surface area contributed by atoms with E-state index in [0.717, 1.165) is 5.56 Å². The highest BCUT2D eigenvalue weighted by Gasteiger charge is 2.18. The van der Waals surface area contributed by atoms with Crippen LogP contribution in [0, 0.1) is 0 Å². The minimum Gasteiger partial charge on any atom is -0.366 e. The highest BCUT2D eigenvalue weighted by molar-refractivity contribution is 5.98. The van der Waals surface area contributed by atoms with E-state index in [0.29, 0.717) is 17.7 Å². The van der Waals surface area contributed by atoms with E-state index >= 15 is 0 Å². The Morgan fingerprint density at radius 3 is 2.43 bits per heavy atom. The standard InChI is InChI=1S/C17H18N2O2/c1-2-15(12-7-4-3-5-8-12)17(21)19-14-10-6-9-13(11-14)16(18)20/h3-11,15H,2H2,1H3,(H2,18,20)(H,19,21). The number of amides is 2. The zero-order valence-corrected chi connectivity index (χ0v) is 11.9. The molecule has 2 aromatic carbocycles. The first-order valence-corrected chi connectivity index (χ1v) is 6.87. The summed E-state index contributed by atoms with van der Waals surface area (Å²) < 4.78 is 0. The Hall–Kier alpha value is -2.62. The second-order valence-corrected chi connectivity index (χ2v) is 4.81. The number of carbonyl (C=O) groups excluding carboxylic acids is 2. The summed E-state index contributed by atoms with van der Waals surface area (Å²) in [6, 6.07) is 16.3. The summed E-state index contributed by atoms with van der Waals surface area (Å²) in [5, 5.41) is 2.84. The molecule has 0 bridgehead atoms. The van der Waals surface area contributed by atoms with E-state index < -0.39 is 5.91 Å². The number of benzene rings is 2. The van der Waals surface area contributed by atoms with Gasteiger partial charge >= 0.3 is 0 Å². The van der Waals surface area contributed by atoms with Crippen LogP contribution in [-0.4, -0.2) is 11.8 Å². The Balaban J connectivity index is 2.16. The van der Waals surface area contributed by atoms with Crippen molar-refractivity contribution < 1.29 is 9.59 Å². The van der Waals surface area contributed by atoms with E-state index in [1.165, 1.54) is 0 Å². The lowest BCUT2D eigenvalue weighted by Gasteiger charge is -2.15. The minimum atomic E-state index is -0.513. The van der Waals surface area contributed by atoms with E-state index in [9.17, 15) is 9.59 Å². The number of primary amides is 1. The van der Waals surface area contributed by atoms with Crippen LogP contribution in [0.3, 0.4) is 0 Å². The Kier molecular flexibility index (Phi) is 4.72. The van der Waals surface area contributed by atoms with Crippen LogP contribution < -0.4 is 11.1 Å². The first-order valence-electron chi connectivity index (χ1n) is 6.87. The molecule has 0 radical (unpaired) electrons. The molecule has 4 nitrogen and oxygen atoms in total. The Bertz CT molecular complexity index is 638. The number of hydrogen-bond acceptors (Lipinski definition) is 2. The van der Waals surface area contributed by atoms with E-state index in [1.807, 2.05) is 37.3 Å². The van der Waals surface area contributed by atoms with Crippen molar-refractivity contribution in [1.29, 1.82) is 0 Å². The van der Waals surface area contributed by atoms with E-state index in [4.69, 9.17) is 5.73 Å². The highest BCUT2D eigenvalue weighted by atomic mass is 16.2. The Morgan fingerprint density at radius 2 is 1.81 bits per heavy atom. The number of anilines is 1. The molecule has 0 aliphatic heterocycles. The average Bonchev–Trinajstić information content (AvgIpc) is 2.49. The topological polar surface area (TPSA) is 72.2 Å². The quantitative estimate of drug-likeness (QED) is 0.885. The third-order valence-electron chi connectivity index (χ3n) is 3.34. The van der Waals surface area contributed by atoms with Gasteiger partial charge in [-0.05, 0) is 30.2 Å². The van der Waals surface area contributed by atoms with Gasteiger partial charge < -0.3 is 11.1 Å². The lowest BCUT2D eigenvalue weighted by Crippen LogP contribution is -2.21. The highest BCUT2D eigenvalue weighted by Crippen LogP contribution is 2.21. The maximum absolute atomic E-state index is 12.4. The molecule has 0 saturated carbocycles. The molecule has 2 amide bonds. The summed E-state index contributed by atoms with van der Waals surface area (Å²) >= 11 is 0. The van der Waals surface area contributed by atoms with Crippen LogP contribution in [0.15, 0.2) is 54.6 Å². The lowest BCUT2D eigenvalue weighted by molar-refractivity contribution is -0.117. The first kappa shape index (κ1) is 14.8. The van der Waals surface area contributed by atoms with Gasteiger partial charge in [0, 0.05) is 11.3 Å². The molecule has 1 unspecified atom stereocenters. The molecule has 0 aromatic heterocycles. The van der Waals surface area contributed by atoms with Gasteiger partial charge in [0.15, 0.2) is 0 Å². The number of rotatable bonds is 5.